The predicted octanol–water partition coefficient (Wildman–Crippen LogP) is 4.00. The maximum Gasteiger partial charge on any atom is 0.434 e. The van der Waals surface area contributed by atoms with Gasteiger partial charge in [-0.3, -0.25) is 0 Å². The molecule has 148 valence electrons. The zero-order valence-electron chi connectivity index (χ0n) is 15.1. The lowest BCUT2D eigenvalue weighted by Crippen LogP contribution is -2.28. The highest BCUT2D eigenvalue weighted by atomic mass is 32.2. The Morgan fingerprint density at radius 1 is 0.964 bits per heavy atom. The van der Waals surface area contributed by atoms with Crippen LogP contribution < -0.4 is 5.14 Å². The van der Waals surface area contributed by atoms with E-state index in [2.05, 4.69) is 4.98 Å². The predicted molar refractivity (Wildman–Crippen MR) is 98.9 cm³/mol. The van der Waals surface area contributed by atoms with Gasteiger partial charge in [0, 0.05) is 11.8 Å². The van der Waals surface area contributed by atoms with Gasteiger partial charge in [-0.1, -0.05) is 30.3 Å². The quantitative estimate of drug-likeness (QED) is 0.708. The molecule has 0 amide bonds. The summed E-state index contributed by atoms with van der Waals surface area (Å²) in [6.07, 6.45) is -3.65. The van der Waals surface area contributed by atoms with Crippen molar-refractivity contribution in [3.8, 4) is 11.4 Å². The Morgan fingerprint density at radius 2 is 1.54 bits per heavy atom. The highest BCUT2D eigenvalue weighted by Crippen LogP contribution is 2.36. The lowest BCUT2D eigenvalue weighted by atomic mass is 9.93. The molecule has 0 radical (unpaired) electrons. The molecule has 2 N–H and O–H groups in total. The van der Waals surface area contributed by atoms with Crippen LogP contribution in [0.4, 0.5) is 13.2 Å². The van der Waals surface area contributed by atoms with Crippen LogP contribution in [-0.4, -0.2) is 18.0 Å². The number of rotatable bonds is 4. The molecule has 0 atom stereocenters. The number of sulfonamides is 1. The standard InChI is InChI=1S/C19H18F3N3O2S/c1-18(2,14-6-4-3-5-7-14)25-12-16(19(20,21)22)24-17(25)13-8-10-15(11-9-13)28(23,26)27/h3-12H,1-2H3,(H2,23,26,27). The Bertz CT molecular complexity index is 1090. The first-order chi connectivity index (χ1) is 12.9. The Balaban J connectivity index is 2.19. The third-order valence-corrected chi connectivity index (χ3v) is 5.45. The second-order valence-electron chi connectivity index (χ2n) is 6.81. The van der Waals surface area contributed by atoms with Crippen molar-refractivity contribution in [3.05, 3.63) is 72.1 Å². The minimum atomic E-state index is -4.62. The van der Waals surface area contributed by atoms with Crippen molar-refractivity contribution in [2.75, 3.05) is 0 Å². The number of nitrogens with two attached hydrogens (primary N) is 1. The number of imidazole rings is 1. The van der Waals surface area contributed by atoms with E-state index in [1.165, 1.54) is 28.8 Å². The summed E-state index contributed by atoms with van der Waals surface area (Å²) in [4.78, 5) is 3.66. The summed E-state index contributed by atoms with van der Waals surface area (Å²) >= 11 is 0. The number of halogens is 3. The van der Waals surface area contributed by atoms with E-state index >= 15 is 0 Å². The SMILES string of the molecule is CC(C)(c1ccccc1)n1cc(C(F)(F)F)nc1-c1ccc(S(N)(=O)=O)cc1. The largest absolute Gasteiger partial charge is 0.434 e. The smallest absolute Gasteiger partial charge is 0.321 e. The normalized spacial score (nSPS) is 12.9. The highest BCUT2D eigenvalue weighted by Gasteiger charge is 2.37. The average Bonchev–Trinajstić information content (AvgIpc) is 3.08. The van der Waals surface area contributed by atoms with E-state index in [1.54, 1.807) is 26.0 Å². The van der Waals surface area contributed by atoms with Crippen LogP contribution in [0.1, 0.15) is 25.1 Å². The van der Waals surface area contributed by atoms with Crippen molar-refractivity contribution in [1.82, 2.24) is 9.55 Å². The molecule has 3 rings (SSSR count). The van der Waals surface area contributed by atoms with Crippen LogP contribution in [0.3, 0.4) is 0 Å². The van der Waals surface area contributed by atoms with Crippen LogP contribution >= 0.6 is 0 Å². The van der Waals surface area contributed by atoms with Crippen LogP contribution in [0.25, 0.3) is 11.4 Å². The maximum atomic E-state index is 13.3. The molecule has 0 saturated heterocycles. The third kappa shape index (κ3) is 3.81. The van der Waals surface area contributed by atoms with E-state index in [0.29, 0.717) is 5.56 Å². The van der Waals surface area contributed by atoms with Gasteiger partial charge in [0.15, 0.2) is 5.69 Å². The molecule has 0 aliphatic heterocycles. The molecular formula is C19H18F3N3O2S. The van der Waals surface area contributed by atoms with Gasteiger partial charge in [-0.25, -0.2) is 18.5 Å². The van der Waals surface area contributed by atoms with Gasteiger partial charge in [0.2, 0.25) is 10.0 Å². The van der Waals surface area contributed by atoms with Gasteiger partial charge in [0.05, 0.1) is 10.4 Å². The van der Waals surface area contributed by atoms with Crippen LogP contribution in [-0.2, 0) is 21.7 Å². The number of alkyl halides is 3. The van der Waals surface area contributed by atoms with Gasteiger partial charge < -0.3 is 4.57 Å². The van der Waals surface area contributed by atoms with Gasteiger partial charge in [-0.2, -0.15) is 13.2 Å². The Kier molecular flexibility index (Phi) is 4.84. The van der Waals surface area contributed by atoms with E-state index in [9.17, 15) is 21.6 Å². The van der Waals surface area contributed by atoms with Crippen molar-refractivity contribution in [3.63, 3.8) is 0 Å². The van der Waals surface area contributed by atoms with Crippen molar-refractivity contribution >= 4 is 10.0 Å². The highest BCUT2D eigenvalue weighted by molar-refractivity contribution is 7.89. The van der Waals surface area contributed by atoms with E-state index in [1.807, 2.05) is 18.2 Å². The van der Waals surface area contributed by atoms with Crippen molar-refractivity contribution in [1.29, 1.82) is 0 Å². The zero-order chi connectivity index (χ0) is 20.7. The first-order valence-corrected chi connectivity index (χ1v) is 9.81. The number of benzene rings is 2. The van der Waals surface area contributed by atoms with Gasteiger partial charge in [0.1, 0.15) is 5.82 Å². The summed E-state index contributed by atoms with van der Waals surface area (Å²) in [5, 5.41) is 5.08. The molecular weight excluding hydrogens is 391 g/mol. The molecule has 5 nitrogen and oxygen atoms in total. The molecule has 0 bridgehead atoms. The van der Waals surface area contributed by atoms with Gasteiger partial charge >= 0.3 is 6.18 Å². The van der Waals surface area contributed by atoms with Crippen molar-refractivity contribution < 1.29 is 21.6 Å². The topological polar surface area (TPSA) is 78.0 Å². The van der Waals surface area contributed by atoms with E-state index in [-0.39, 0.29) is 10.7 Å². The summed E-state index contributed by atoms with van der Waals surface area (Å²) in [7, 11) is -3.91. The van der Waals surface area contributed by atoms with E-state index in [0.717, 1.165) is 11.8 Å². The third-order valence-electron chi connectivity index (χ3n) is 4.52. The number of nitrogens with zero attached hydrogens (tertiary/aromatic N) is 2. The maximum absolute atomic E-state index is 13.3. The molecule has 0 unspecified atom stereocenters. The zero-order valence-corrected chi connectivity index (χ0v) is 15.9. The van der Waals surface area contributed by atoms with Crippen LogP contribution in [0, 0.1) is 0 Å². The average molecular weight is 409 g/mol. The second-order valence-corrected chi connectivity index (χ2v) is 8.37. The summed E-state index contributed by atoms with van der Waals surface area (Å²) < 4.78 is 64.3. The summed E-state index contributed by atoms with van der Waals surface area (Å²) in [6.45, 7) is 3.57. The Morgan fingerprint density at radius 3 is 2.04 bits per heavy atom. The molecule has 0 aliphatic carbocycles. The molecule has 28 heavy (non-hydrogen) atoms. The molecule has 9 heteroatoms. The van der Waals surface area contributed by atoms with E-state index in [4.69, 9.17) is 5.14 Å². The lowest BCUT2D eigenvalue weighted by molar-refractivity contribution is -0.140. The summed E-state index contributed by atoms with van der Waals surface area (Å²) in [5.74, 6) is 0.0714. The fraction of sp³-hybridized carbons (Fsp3) is 0.211. The molecule has 3 aromatic rings. The number of primary sulfonamides is 1. The molecule has 0 aliphatic rings. The van der Waals surface area contributed by atoms with Gasteiger partial charge in [0.25, 0.3) is 0 Å². The molecule has 2 aromatic carbocycles. The molecule has 1 aromatic heterocycles. The van der Waals surface area contributed by atoms with Crippen molar-refractivity contribution in [2.24, 2.45) is 5.14 Å². The minimum Gasteiger partial charge on any atom is -0.321 e. The monoisotopic (exact) mass is 409 g/mol. The minimum absolute atomic E-state index is 0.0714. The molecule has 0 saturated carbocycles. The fourth-order valence-corrected chi connectivity index (χ4v) is 3.44. The lowest BCUT2D eigenvalue weighted by Gasteiger charge is -2.29. The van der Waals surface area contributed by atoms with Gasteiger partial charge in [-0.15, -0.1) is 0 Å². The second kappa shape index (κ2) is 6.75. The summed E-state index contributed by atoms with van der Waals surface area (Å²) in [6, 6.07) is 14.3. The fourth-order valence-electron chi connectivity index (χ4n) is 2.93. The number of aromatic nitrogens is 2. The first-order valence-electron chi connectivity index (χ1n) is 8.26. The number of hydrogen-bond donors (Lipinski definition) is 1. The van der Waals surface area contributed by atoms with Crippen LogP contribution in [0.5, 0.6) is 0 Å². The van der Waals surface area contributed by atoms with Gasteiger partial charge in [-0.05, 0) is 43.7 Å². The molecule has 0 spiro atoms. The van der Waals surface area contributed by atoms with Crippen LogP contribution in [0.2, 0.25) is 0 Å². The van der Waals surface area contributed by atoms with Crippen LogP contribution in [0.15, 0.2) is 65.7 Å². The Labute approximate surface area is 160 Å². The molecule has 1 heterocycles. The van der Waals surface area contributed by atoms with Crippen molar-refractivity contribution in [2.45, 2.75) is 30.5 Å². The Hall–Kier alpha value is -2.65. The first kappa shape index (κ1) is 20.1. The number of hydrogen-bond acceptors (Lipinski definition) is 3. The molecule has 0 fully saturated rings. The van der Waals surface area contributed by atoms with E-state index < -0.39 is 27.4 Å². The summed E-state index contributed by atoms with van der Waals surface area (Å²) in [5.41, 5.74) is -0.733.